The second kappa shape index (κ2) is 8.93. The normalized spacial score (nSPS) is 15.6. The summed E-state index contributed by atoms with van der Waals surface area (Å²) in [7, 11) is 0. The molecule has 7 heteroatoms. The molecule has 3 rings (SSSR count). The second-order valence-corrected chi connectivity index (χ2v) is 7.42. The van der Waals surface area contributed by atoms with Gasteiger partial charge in [0.2, 0.25) is 0 Å². The highest BCUT2D eigenvalue weighted by molar-refractivity contribution is 7.07. The van der Waals surface area contributed by atoms with Gasteiger partial charge >= 0.3 is 5.97 Å². The van der Waals surface area contributed by atoms with Crippen LogP contribution in [0.1, 0.15) is 32.8 Å². The number of rotatable bonds is 5. The number of nitrogens with zero attached hydrogens (tertiary/aromatic N) is 3. The van der Waals surface area contributed by atoms with Crippen LogP contribution in [0.3, 0.4) is 0 Å². The number of likely N-dealkylation sites (N-methyl/N-ethyl adjacent to an activating group) is 1. The zero-order valence-electron chi connectivity index (χ0n) is 16.8. The lowest BCUT2D eigenvalue weighted by Gasteiger charge is -2.28. The Morgan fingerprint density at radius 2 is 1.97 bits per heavy atom. The highest BCUT2D eigenvalue weighted by Crippen LogP contribution is 2.30. The maximum absolute atomic E-state index is 13.3. The van der Waals surface area contributed by atoms with Crippen LogP contribution in [0.4, 0.5) is 5.69 Å². The van der Waals surface area contributed by atoms with Gasteiger partial charge in [0.15, 0.2) is 5.57 Å². The van der Waals surface area contributed by atoms with Crippen molar-refractivity contribution >= 4 is 40.3 Å². The van der Waals surface area contributed by atoms with E-state index < -0.39 is 5.97 Å². The minimum absolute atomic E-state index is 0.127. The molecular weight excluding hydrogens is 386 g/mol. The van der Waals surface area contributed by atoms with Crippen molar-refractivity contribution in [2.24, 2.45) is 0 Å². The van der Waals surface area contributed by atoms with E-state index in [4.69, 9.17) is 4.74 Å². The lowest BCUT2D eigenvalue weighted by molar-refractivity contribution is -0.136. The SMILES string of the molecule is CCCn1c(=O)/c(=C2/C=Cc3ccccc3N2CC)s/c1=C(\C#N)C(=O)OCC. The van der Waals surface area contributed by atoms with Crippen LogP contribution < -0.4 is 19.7 Å². The summed E-state index contributed by atoms with van der Waals surface area (Å²) < 4.78 is 7.41. The standard InChI is InChI=1S/C22H23N3O3S/c1-4-13-25-20(26)19(29-21(25)16(14-23)22(27)28-6-3)18-12-11-15-9-7-8-10-17(15)24(18)5-2/h7-12H,4-6,13H2,1-3H3/b19-18+,21-16+. The Hall–Kier alpha value is -3.11. The van der Waals surface area contributed by atoms with E-state index in [0.29, 0.717) is 28.7 Å². The first-order valence-corrected chi connectivity index (χ1v) is 10.5. The van der Waals surface area contributed by atoms with E-state index in [1.54, 1.807) is 6.92 Å². The van der Waals surface area contributed by atoms with Crippen molar-refractivity contribution in [1.29, 1.82) is 5.26 Å². The third-order valence-corrected chi connectivity index (χ3v) is 5.83. The van der Waals surface area contributed by atoms with Crippen molar-refractivity contribution < 1.29 is 9.53 Å². The van der Waals surface area contributed by atoms with E-state index in [2.05, 4.69) is 4.90 Å². The molecular formula is C22H23N3O3S. The van der Waals surface area contributed by atoms with Crippen molar-refractivity contribution in [2.45, 2.75) is 33.7 Å². The number of nitriles is 1. The van der Waals surface area contributed by atoms with Crippen LogP contribution in [-0.2, 0) is 16.1 Å². The molecule has 0 atom stereocenters. The number of esters is 1. The minimum Gasteiger partial charge on any atom is -0.462 e. The summed E-state index contributed by atoms with van der Waals surface area (Å²) in [5, 5.41) is 9.58. The monoisotopic (exact) mass is 409 g/mol. The van der Waals surface area contributed by atoms with Gasteiger partial charge in [-0.3, -0.25) is 9.36 Å². The number of benzene rings is 1. The Morgan fingerprint density at radius 3 is 2.62 bits per heavy atom. The van der Waals surface area contributed by atoms with E-state index in [1.165, 1.54) is 15.9 Å². The topological polar surface area (TPSA) is 75.3 Å². The quantitative estimate of drug-likeness (QED) is 0.708. The van der Waals surface area contributed by atoms with E-state index in [-0.39, 0.29) is 17.7 Å². The summed E-state index contributed by atoms with van der Waals surface area (Å²) in [6, 6.07) is 9.94. The molecule has 1 aliphatic heterocycles. The van der Waals surface area contributed by atoms with Crippen LogP contribution >= 0.6 is 11.3 Å². The predicted molar refractivity (Wildman–Crippen MR) is 116 cm³/mol. The molecule has 6 nitrogen and oxygen atoms in total. The summed E-state index contributed by atoms with van der Waals surface area (Å²) in [6.45, 7) is 6.94. The molecule has 2 heterocycles. The molecule has 2 aromatic rings. The van der Waals surface area contributed by atoms with Crippen LogP contribution in [-0.4, -0.2) is 23.7 Å². The minimum atomic E-state index is -0.700. The molecule has 0 fully saturated rings. The molecule has 0 saturated carbocycles. The van der Waals surface area contributed by atoms with Gasteiger partial charge in [-0.15, -0.1) is 11.3 Å². The van der Waals surface area contributed by atoms with Crippen molar-refractivity contribution in [2.75, 3.05) is 18.1 Å². The van der Waals surface area contributed by atoms with Crippen molar-refractivity contribution in [3.8, 4) is 6.07 Å². The lowest BCUT2D eigenvalue weighted by atomic mass is 10.1. The van der Waals surface area contributed by atoms with Crippen LogP contribution in [0, 0.1) is 11.3 Å². The predicted octanol–water partition coefficient (Wildman–Crippen LogP) is 2.22. The van der Waals surface area contributed by atoms with E-state index >= 15 is 0 Å². The molecule has 0 N–H and O–H groups in total. The van der Waals surface area contributed by atoms with Gasteiger partial charge in [-0.2, -0.15) is 5.26 Å². The first kappa shape index (κ1) is 20.6. The van der Waals surface area contributed by atoms with Gasteiger partial charge in [-0.05, 0) is 38.0 Å². The molecule has 0 bridgehead atoms. The highest BCUT2D eigenvalue weighted by atomic mass is 32.1. The fourth-order valence-corrected chi connectivity index (χ4v) is 4.56. The van der Waals surface area contributed by atoms with Gasteiger partial charge in [0.05, 0.1) is 12.3 Å². The van der Waals surface area contributed by atoms with Gasteiger partial charge in [-0.25, -0.2) is 4.79 Å². The van der Waals surface area contributed by atoms with Crippen LogP contribution in [0.25, 0.3) is 17.3 Å². The zero-order valence-corrected chi connectivity index (χ0v) is 17.6. The Kier molecular flexibility index (Phi) is 6.35. The Labute approximate surface area is 173 Å². The Bertz CT molecular complexity index is 1180. The van der Waals surface area contributed by atoms with E-state index in [1.807, 2.05) is 56.3 Å². The number of para-hydroxylation sites is 1. The number of carbonyl (C=O) groups is 1. The number of anilines is 1. The highest BCUT2D eigenvalue weighted by Gasteiger charge is 2.21. The maximum atomic E-state index is 13.3. The molecule has 0 aliphatic carbocycles. The van der Waals surface area contributed by atoms with Gasteiger partial charge in [0, 0.05) is 18.8 Å². The fraction of sp³-hybridized carbons (Fsp3) is 0.318. The summed E-state index contributed by atoms with van der Waals surface area (Å²) >= 11 is 1.17. The van der Waals surface area contributed by atoms with Crippen molar-refractivity contribution in [3.05, 3.63) is 55.5 Å². The van der Waals surface area contributed by atoms with Gasteiger partial charge < -0.3 is 9.64 Å². The number of fused-ring (bicyclic) bond motifs is 1. The third-order valence-electron chi connectivity index (χ3n) is 4.62. The molecule has 1 aliphatic rings. The summed E-state index contributed by atoms with van der Waals surface area (Å²) in [4.78, 5) is 27.6. The second-order valence-electron chi connectivity index (χ2n) is 6.42. The van der Waals surface area contributed by atoms with Crippen LogP contribution in [0.15, 0.2) is 35.1 Å². The lowest BCUT2D eigenvalue weighted by Crippen LogP contribution is -2.37. The third kappa shape index (κ3) is 3.76. The smallest absolute Gasteiger partial charge is 0.351 e. The molecule has 0 radical (unpaired) electrons. The average Bonchev–Trinajstić information content (AvgIpc) is 3.04. The molecule has 0 saturated heterocycles. The summed E-state index contributed by atoms with van der Waals surface area (Å²) in [5.74, 6) is -0.700. The van der Waals surface area contributed by atoms with Crippen molar-refractivity contribution in [3.63, 3.8) is 0 Å². The van der Waals surface area contributed by atoms with Gasteiger partial charge in [0.1, 0.15) is 15.3 Å². The molecule has 29 heavy (non-hydrogen) atoms. The van der Waals surface area contributed by atoms with Gasteiger partial charge in [-0.1, -0.05) is 31.2 Å². The van der Waals surface area contributed by atoms with Crippen LogP contribution in [0.2, 0.25) is 0 Å². The first-order valence-electron chi connectivity index (χ1n) is 9.67. The molecule has 1 aromatic carbocycles. The maximum Gasteiger partial charge on any atom is 0.351 e. The number of ether oxygens (including phenoxy) is 1. The molecule has 0 unspecified atom stereocenters. The number of carbonyl (C=O) groups excluding carboxylic acids is 1. The van der Waals surface area contributed by atoms with Crippen molar-refractivity contribution in [1.82, 2.24) is 4.57 Å². The van der Waals surface area contributed by atoms with Crippen LogP contribution in [0.5, 0.6) is 0 Å². The molecule has 150 valence electrons. The zero-order chi connectivity index (χ0) is 21.0. The fourth-order valence-electron chi connectivity index (χ4n) is 3.37. The Balaban J connectivity index is 2.37. The average molecular weight is 410 g/mol. The van der Waals surface area contributed by atoms with E-state index in [9.17, 15) is 14.9 Å². The summed E-state index contributed by atoms with van der Waals surface area (Å²) in [6.07, 6.45) is 4.62. The van der Waals surface area contributed by atoms with E-state index in [0.717, 1.165) is 16.9 Å². The number of hydrogen-bond acceptors (Lipinski definition) is 6. The largest absolute Gasteiger partial charge is 0.462 e. The Morgan fingerprint density at radius 1 is 1.21 bits per heavy atom. The molecule has 0 spiro atoms. The number of aromatic nitrogens is 1. The molecule has 1 aromatic heterocycles. The van der Waals surface area contributed by atoms with Gasteiger partial charge in [0.25, 0.3) is 5.56 Å². The summed E-state index contributed by atoms with van der Waals surface area (Å²) in [5.41, 5.74) is 2.57. The number of thiazole rings is 1. The molecule has 0 amide bonds. The number of hydrogen-bond donors (Lipinski definition) is 0. The first-order chi connectivity index (χ1) is 14.1.